The van der Waals surface area contributed by atoms with Crippen molar-refractivity contribution < 1.29 is 9.84 Å². The van der Waals surface area contributed by atoms with Gasteiger partial charge >= 0.3 is 0 Å². The van der Waals surface area contributed by atoms with Crippen LogP contribution in [-0.2, 0) is 11.2 Å². The number of aliphatic hydroxyl groups is 1. The van der Waals surface area contributed by atoms with Crippen molar-refractivity contribution in [1.29, 1.82) is 0 Å². The fourth-order valence-electron chi connectivity index (χ4n) is 1.10. The smallest absolute Gasteiger partial charge is 0.0842 e. The summed E-state index contributed by atoms with van der Waals surface area (Å²) in [7, 11) is 1.61. The Bertz CT molecular complexity index is 204. The summed E-state index contributed by atoms with van der Waals surface area (Å²) < 4.78 is 5.05. The molecule has 0 spiro atoms. The highest BCUT2D eigenvalue weighted by Crippen LogP contribution is 2.04. The summed E-state index contributed by atoms with van der Waals surface area (Å²) in [5.74, 6) is 0. The van der Waals surface area contributed by atoms with Crippen LogP contribution in [0.5, 0.6) is 0 Å². The predicted octanol–water partition coefficient (Wildman–Crippen LogP) is 1.24. The van der Waals surface area contributed by atoms with Crippen LogP contribution in [-0.4, -0.2) is 24.9 Å². The van der Waals surface area contributed by atoms with Gasteiger partial charge in [0.2, 0.25) is 0 Å². The molecule has 0 aliphatic rings. The largest absolute Gasteiger partial charge is 0.394 e. The fourth-order valence-corrected chi connectivity index (χ4v) is 1.10. The molecule has 2 nitrogen and oxygen atoms in total. The van der Waals surface area contributed by atoms with Crippen molar-refractivity contribution in [2.45, 2.75) is 12.5 Å². The Morgan fingerprint density at radius 3 is 2.50 bits per heavy atom. The summed E-state index contributed by atoms with van der Waals surface area (Å²) in [4.78, 5) is 0. The van der Waals surface area contributed by atoms with Crippen LogP contribution in [0.4, 0.5) is 0 Å². The first-order valence-corrected chi connectivity index (χ1v) is 4.04. The minimum absolute atomic E-state index is 0.0748. The van der Waals surface area contributed by atoms with E-state index >= 15 is 0 Å². The number of hydrogen-bond acceptors (Lipinski definition) is 2. The first kappa shape index (κ1) is 9.23. The van der Waals surface area contributed by atoms with E-state index in [0.717, 1.165) is 6.42 Å². The van der Waals surface area contributed by atoms with Crippen molar-refractivity contribution in [3.63, 3.8) is 0 Å². The van der Waals surface area contributed by atoms with Crippen molar-refractivity contribution >= 4 is 0 Å². The lowest BCUT2D eigenvalue weighted by Gasteiger charge is -2.11. The number of aliphatic hydroxyl groups excluding tert-OH is 1. The summed E-state index contributed by atoms with van der Waals surface area (Å²) in [6, 6.07) is 10.0. The van der Waals surface area contributed by atoms with Gasteiger partial charge in [0.05, 0.1) is 12.7 Å². The lowest BCUT2D eigenvalue weighted by molar-refractivity contribution is 0.0495. The molecule has 1 rings (SSSR count). The summed E-state index contributed by atoms with van der Waals surface area (Å²) in [5.41, 5.74) is 1.19. The van der Waals surface area contributed by atoms with Crippen LogP contribution in [0.2, 0.25) is 0 Å². The summed E-state index contributed by atoms with van der Waals surface area (Å²) >= 11 is 0. The van der Waals surface area contributed by atoms with Gasteiger partial charge in [-0.25, -0.2) is 0 Å². The van der Waals surface area contributed by atoms with E-state index < -0.39 is 0 Å². The predicted molar refractivity (Wildman–Crippen MR) is 48.0 cm³/mol. The molecule has 0 amide bonds. The van der Waals surface area contributed by atoms with E-state index in [-0.39, 0.29) is 12.7 Å². The van der Waals surface area contributed by atoms with Crippen molar-refractivity contribution in [2.24, 2.45) is 0 Å². The Morgan fingerprint density at radius 2 is 2.00 bits per heavy atom. The van der Waals surface area contributed by atoms with E-state index in [1.165, 1.54) is 5.56 Å². The van der Waals surface area contributed by atoms with Gasteiger partial charge in [-0.3, -0.25) is 0 Å². The average Bonchev–Trinajstić information content (AvgIpc) is 2.16. The van der Waals surface area contributed by atoms with Crippen LogP contribution in [0.15, 0.2) is 30.3 Å². The molecule has 0 aliphatic heterocycles. The van der Waals surface area contributed by atoms with Crippen molar-refractivity contribution in [3.8, 4) is 0 Å². The third kappa shape index (κ3) is 2.64. The van der Waals surface area contributed by atoms with Gasteiger partial charge in [0.15, 0.2) is 0 Å². The summed E-state index contributed by atoms with van der Waals surface area (Å²) in [6.07, 6.45) is 0.695. The number of benzene rings is 1. The lowest BCUT2D eigenvalue weighted by atomic mass is 10.1. The Labute approximate surface area is 72.8 Å². The maximum atomic E-state index is 8.86. The molecule has 1 aromatic rings. The lowest BCUT2D eigenvalue weighted by Crippen LogP contribution is -2.18. The first-order chi connectivity index (χ1) is 5.86. The van der Waals surface area contributed by atoms with Gasteiger partial charge < -0.3 is 9.84 Å². The molecular formula is C10H14O2. The van der Waals surface area contributed by atoms with E-state index in [9.17, 15) is 0 Å². The van der Waals surface area contributed by atoms with E-state index in [1.807, 2.05) is 30.3 Å². The molecule has 1 atom stereocenters. The van der Waals surface area contributed by atoms with Gasteiger partial charge in [0, 0.05) is 13.5 Å². The molecule has 1 N–H and O–H groups in total. The number of rotatable bonds is 4. The molecule has 1 aromatic carbocycles. The first-order valence-electron chi connectivity index (χ1n) is 4.04. The highest BCUT2D eigenvalue weighted by molar-refractivity contribution is 5.15. The highest BCUT2D eigenvalue weighted by Gasteiger charge is 2.05. The van der Waals surface area contributed by atoms with Gasteiger partial charge in [-0.1, -0.05) is 30.3 Å². The number of ether oxygens (including phenoxy) is 1. The van der Waals surface area contributed by atoms with Gasteiger partial charge in [-0.05, 0) is 5.56 Å². The molecular weight excluding hydrogens is 152 g/mol. The topological polar surface area (TPSA) is 29.5 Å². The second kappa shape index (κ2) is 4.91. The second-order valence-corrected chi connectivity index (χ2v) is 2.73. The van der Waals surface area contributed by atoms with Crippen LogP contribution in [0.25, 0.3) is 0 Å². The Hall–Kier alpha value is -0.860. The zero-order chi connectivity index (χ0) is 8.81. The SMILES string of the molecule is COC(CO)Cc1ccccc1. The summed E-state index contributed by atoms with van der Waals surface area (Å²) in [5, 5.41) is 8.86. The van der Waals surface area contributed by atoms with Gasteiger partial charge in [-0.15, -0.1) is 0 Å². The molecule has 0 bridgehead atoms. The molecule has 0 fully saturated rings. The third-order valence-electron chi connectivity index (χ3n) is 1.84. The molecule has 0 saturated heterocycles. The van der Waals surface area contributed by atoms with Gasteiger partial charge in [0.25, 0.3) is 0 Å². The van der Waals surface area contributed by atoms with Gasteiger partial charge in [-0.2, -0.15) is 0 Å². The van der Waals surface area contributed by atoms with E-state index in [4.69, 9.17) is 9.84 Å². The quantitative estimate of drug-likeness (QED) is 0.729. The fraction of sp³-hybridized carbons (Fsp3) is 0.400. The second-order valence-electron chi connectivity index (χ2n) is 2.73. The van der Waals surface area contributed by atoms with Crippen molar-refractivity contribution in [1.82, 2.24) is 0 Å². The Kier molecular flexibility index (Phi) is 3.77. The van der Waals surface area contributed by atoms with Gasteiger partial charge in [0.1, 0.15) is 0 Å². The Balaban J connectivity index is 2.51. The van der Waals surface area contributed by atoms with E-state index in [2.05, 4.69) is 0 Å². The van der Waals surface area contributed by atoms with Crippen molar-refractivity contribution in [2.75, 3.05) is 13.7 Å². The molecule has 0 heterocycles. The molecule has 0 radical (unpaired) electrons. The molecule has 0 saturated carbocycles. The normalized spacial score (nSPS) is 12.8. The molecule has 1 unspecified atom stereocenters. The van der Waals surface area contributed by atoms with E-state index in [1.54, 1.807) is 7.11 Å². The number of methoxy groups -OCH3 is 1. The standard InChI is InChI=1S/C10H14O2/c1-12-10(8-11)7-9-5-3-2-4-6-9/h2-6,10-11H,7-8H2,1H3. The molecule has 0 aliphatic carbocycles. The zero-order valence-electron chi connectivity index (χ0n) is 7.23. The van der Waals surface area contributed by atoms with Crippen molar-refractivity contribution in [3.05, 3.63) is 35.9 Å². The minimum Gasteiger partial charge on any atom is -0.394 e. The maximum absolute atomic E-state index is 8.86. The van der Waals surface area contributed by atoms with Crippen LogP contribution < -0.4 is 0 Å². The van der Waals surface area contributed by atoms with Crippen LogP contribution in [0.1, 0.15) is 5.56 Å². The number of hydrogen-bond donors (Lipinski definition) is 1. The van der Waals surface area contributed by atoms with Crippen LogP contribution in [0.3, 0.4) is 0 Å². The monoisotopic (exact) mass is 166 g/mol. The minimum atomic E-state index is -0.0765. The molecule has 12 heavy (non-hydrogen) atoms. The zero-order valence-corrected chi connectivity index (χ0v) is 7.23. The van der Waals surface area contributed by atoms with Crippen LogP contribution in [0, 0.1) is 0 Å². The Morgan fingerprint density at radius 1 is 1.33 bits per heavy atom. The molecule has 0 aromatic heterocycles. The highest BCUT2D eigenvalue weighted by atomic mass is 16.5. The summed E-state index contributed by atoms with van der Waals surface area (Å²) in [6.45, 7) is 0.0748. The third-order valence-corrected chi connectivity index (χ3v) is 1.84. The molecule has 2 heteroatoms. The average molecular weight is 166 g/mol. The van der Waals surface area contributed by atoms with E-state index in [0.29, 0.717) is 0 Å². The maximum Gasteiger partial charge on any atom is 0.0842 e. The molecule has 66 valence electrons. The van der Waals surface area contributed by atoms with Crippen LogP contribution >= 0.6 is 0 Å².